The van der Waals surface area contributed by atoms with Crippen LogP contribution >= 0.6 is 53.2 Å². The van der Waals surface area contributed by atoms with Gasteiger partial charge >= 0.3 is 395 Å². The molecular formula is C87H181Ba7O37P7. The summed E-state index contributed by atoms with van der Waals surface area (Å²) in [6, 6.07) is 0. The molecule has 7 heterocycles. The van der Waals surface area contributed by atoms with E-state index in [1.54, 1.807) is 60.7 Å². The van der Waals surface area contributed by atoms with Crippen LogP contribution in [0.1, 0.15) is 255 Å². The van der Waals surface area contributed by atoms with E-state index in [0.29, 0.717) is 78.2 Å². The van der Waals surface area contributed by atoms with E-state index in [4.69, 9.17) is 130 Å². The number of rotatable bonds is 45. The van der Waals surface area contributed by atoms with Gasteiger partial charge in [-0.3, -0.25) is 32.0 Å². The van der Waals surface area contributed by atoms with Crippen LogP contribution in [0.3, 0.4) is 0 Å². The second kappa shape index (κ2) is 86.2. The summed E-state index contributed by atoms with van der Waals surface area (Å²) < 4.78 is 238. The zero-order valence-corrected chi connectivity index (χ0v) is 128. The Balaban J connectivity index is -0.000000113. The van der Waals surface area contributed by atoms with E-state index in [1.807, 2.05) is 166 Å². The molecule has 0 radical (unpaired) electrons. The molecular weight excluding hydrogens is 2820 g/mol. The number of hydrogen-bond donors (Lipinski definition) is 2. The Hall–Kier alpha value is 11.4. The number of aliphatic hydroxyl groups is 2. The topological polar surface area (TPSA) is 418 Å². The Kier molecular flexibility index (Phi) is 101. The van der Waals surface area contributed by atoms with Gasteiger partial charge in [0.2, 0.25) is 0 Å². The van der Waals surface area contributed by atoms with E-state index in [9.17, 15) is 42.2 Å². The molecule has 23 atom stereocenters. The third-order valence-corrected chi connectivity index (χ3v) is 27.1. The second-order valence-corrected chi connectivity index (χ2v) is 50.4. The summed E-state index contributed by atoms with van der Waals surface area (Å²) in [5.41, 5.74) is 0. The minimum atomic E-state index is -3.25. The van der Waals surface area contributed by atoms with E-state index in [0.717, 1.165) is 12.8 Å². The molecule has 7 aliphatic rings. The first-order valence-electron chi connectivity index (χ1n) is 46.0. The first-order chi connectivity index (χ1) is 60.4. The van der Waals surface area contributed by atoms with Gasteiger partial charge in [0.15, 0.2) is 0 Å². The molecule has 7 fully saturated rings. The van der Waals surface area contributed by atoms with Crippen molar-refractivity contribution in [3.8, 4) is 0 Å². The molecule has 7 rings (SSSR count). The third-order valence-electron chi connectivity index (χ3n) is 16.9. The van der Waals surface area contributed by atoms with Crippen molar-refractivity contribution in [3.63, 3.8) is 0 Å². The van der Waals surface area contributed by atoms with Crippen molar-refractivity contribution in [2.45, 2.75) is 428 Å². The molecule has 0 bridgehead atoms. The van der Waals surface area contributed by atoms with Gasteiger partial charge < -0.3 is 150 Å². The molecule has 0 aliphatic carbocycles. The van der Waals surface area contributed by atoms with Gasteiger partial charge in [-0.15, -0.1) is 19.3 Å². The summed E-state index contributed by atoms with van der Waals surface area (Å²) in [5, 5.41) is 19.7. The Bertz CT molecular complexity index is 3280. The quantitative estimate of drug-likeness (QED) is 0.0325. The molecule has 2 N–H and O–H groups in total. The smallest absolute Gasteiger partial charge is 1.00 e. The summed E-state index contributed by atoms with van der Waals surface area (Å²) in [6.45, 7) is 77.0. The zero-order valence-electron chi connectivity index (χ0n) is 97.2. The van der Waals surface area contributed by atoms with Crippen LogP contribution in [0.2, 0.25) is 0 Å². The van der Waals surface area contributed by atoms with Crippen molar-refractivity contribution in [1.29, 1.82) is 0 Å². The van der Waals surface area contributed by atoms with Gasteiger partial charge in [-0.25, -0.2) is 26.4 Å². The number of aliphatic hydroxyl groups excluding tert-OH is 2. The molecule has 0 aromatic carbocycles. The minimum absolute atomic E-state index is 0. The molecule has 37 nitrogen and oxygen atoms in total. The molecule has 7 aliphatic heterocycles. The molecule has 7 saturated heterocycles. The van der Waals surface area contributed by atoms with Crippen molar-refractivity contribution >= 4 is 395 Å². The number of ether oxygens (including phenoxy) is 14. The summed E-state index contributed by atoms with van der Waals surface area (Å²) >= 11 is 0. The molecule has 23 unspecified atom stereocenters. The van der Waals surface area contributed by atoms with Crippen LogP contribution in [0.4, 0.5) is 0 Å². The summed E-state index contributed by atoms with van der Waals surface area (Å²) in [7, 11) is -21.7. The monoisotopic (exact) mass is 3000 g/mol. The number of hydrogen-bond acceptors (Lipinski definition) is 37. The van der Waals surface area contributed by atoms with Gasteiger partial charge in [0, 0.05) is 73.1 Å². The Morgan fingerprint density at radius 1 is 0.290 bits per heavy atom. The first-order valence-corrected chi connectivity index (χ1v) is 59.9. The summed E-state index contributed by atoms with van der Waals surface area (Å²) in [6.07, 6.45) is -1.73. The van der Waals surface area contributed by atoms with Gasteiger partial charge in [0.05, 0.1) is 166 Å². The minimum Gasteiger partial charge on any atom is -1.00 e. The van der Waals surface area contributed by atoms with E-state index in [-0.39, 0.29) is 505 Å². The van der Waals surface area contributed by atoms with Crippen LogP contribution in [0, 0.1) is 46.2 Å². The van der Waals surface area contributed by atoms with Crippen molar-refractivity contribution in [2.75, 3.05) is 92.9 Å². The SMILES string of the molecule is CC(C)OC1CO[CH-]C(OP(C)(=O)OC(C)C)C1.CC(C)OC1CO[CH-]C(OP(C)(=O)OC(C)C)C1.CC(C)OC1CO[CH-]CC1OP(C)(=O)OC(C)C.CC(C)OC1CO[CH-]CC1OP(C)(=O)OC(C)C.CC(C)OCC1O[CH-]C(O)CC1OP(C)(=O)OC(C)C.CC(C)OCC1O[CH-]CC(O)C1OP(C)(=O)OC(C)C.CC(C)OCC1O[CH-]CCC1OP(C)(=O)OC(C)C.[Ba+2].[Ba+2].[Ba+2].[Ba+2].[Ba+2].[Ba+2].[Ba+2].[H-].[H-].[H-].[H-].[H-].[H-].[H-]. The average molecular weight is 3000 g/mol. The molecule has 0 aromatic rings. The Labute approximate surface area is 1120 Å². The van der Waals surface area contributed by atoms with Crippen molar-refractivity contribution in [3.05, 3.63) is 46.2 Å². The van der Waals surface area contributed by atoms with E-state index >= 15 is 0 Å². The largest absolute Gasteiger partial charge is 2.00 e. The molecule has 0 saturated carbocycles. The molecule has 0 spiro atoms. The maximum Gasteiger partial charge on any atom is 2.00 e. The summed E-state index contributed by atoms with van der Waals surface area (Å²) in [5.74, 6) is 0. The predicted octanol–water partition coefficient (Wildman–Crippen LogP) is 18.2. The normalized spacial score (nSPS) is 27.6. The molecule has 800 valence electrons. The van der Waals surface area contributed by atoms with E-state index in [1.165, 1.54) is 59.9 Å². The maximum atomic E-state index is 12.3. The van der Waals surface area contributed by atoms with Crippen LogP contribution in [-0.4, -0.2) is 628 Å². The van der Waals surface area contributed by atoms with Crippen LogP contribution < -0.4 is 0 Å². The average Bonchev–Trinajstić information content (AvgIpc) is 0.825. The Morgan fingerprint density at radius 2 is 0.580 bits per heavy atom. The zero-order chi connectivity index (χ0) is 100. The van der Waals surface area contributed by atoms with Crippen molar-refractivity contribution in [1.82, 2.24) is 0 Å². The fraction of sp³-hybridized carbons (Fsp3) is 0.920. The summed E-state index contributed by atoms with van der Waals surface area (Å²) in [4.78, 5) is 0. The fourth-order valence-corrected chi connectivity index (χ4v) is 23.7. The second-order valence-electron chi connectivity index (χ2n) is 36.7. The predicted molar refractivity (Wildman–Crippen MR) is 551 cm³/mol. The van der Waals surface area contributed by atoms with Gasteiger partial charge in [-0.05, 0) is 238 Å². The maximum absolute atomic E-state index is 12.3. The van der Waals surface area contributed by atoms with Gasteiger partial charge in [-0.2, -0.15) is 26.2 Å². The van der Waals surface area contributed by atoms with Crippen LogP contribution in [-0.2, 0) is 162 Å². The van der Waals surface area contributed by atoms with Gasteiger partial charge in [0.25, 0.3) is 0 Å². The first kappa shape index (κ1) is 162. The van der Waals surface area contributed by atoms with Crippen LogP contribution in [0.5, 0.6) is 0 Å². The van der Waals surface area contributed by atoms with Crippen molar-refractivity contribution < 1.29 is 182 Å². The molecule has 138 heavy (non-hydrogen) atoms. The van der Waals surface area contributed by atoms with E-state index in [2.05, 4.69) is 0 Å². The fourth-order valence-electron chi connectivity index (χ4n) is 13.1. The van der Waals surface area contributed by atoms with E-state index < -0.39 is 89.8 Å². The molecule has 0 amide bonds. The van der Waals surface area contributed by atoms with Crippen molar-refractivity contribution in [2.24, 2.45) is 0 Å². The van der Waals surface area contributed by atoms with Gasteiger partial charge in [0.1, 0.15) is 18.3 Å². The Morgan fingerprint density at radius 3 is 0.899 bits per heavy atom. The van der Waals surface area contributed by atoms with Crippen LogP contribution in [0.25, 0.3) is 0 Å². The third kappa shape index (κ3) is 85.4. The van der Waals surface area contributed by atoms with Crippen LogP contribution in [0.15, 0.2) is 0 Å². The molecule has 0 aromatic heterocycles. The van der Waals surface area contributed by atoms with Gasteiger partial charge in [-0.1, -0.05) is 0 Å². The molecule has 51 heteroatoms. The standard InChI is InChI=1S/2C13H26O6P.C13H26O5P.4C12H24O5P.7Ba.7H/c1-9(2)16-8-13-12(6-11(14)7-17-13)19-20(5,15)18-10(3)4;1-9(2)17-8-12-13(11(14)6-7-16-12)19-20(5,15)18-10(3)4;1-10(2)16-9-13-12(7-6-8-15-13)18-19(5,14)17-11(3)4;2*1-9(2)15-11-6-12(8-14-7-11)17-18(5,13)16-10(3)4;2*1-9(2)15-12-8-14-7-6-11(12)17-18(5,13)16-10(3)4;;;;;;;;;;;;;;/h2*7,9-14H,6,8H2,1-5H3;8,10-13H,6-7,9H2,1-5H3;2*8-12H,6-7H2,1-5H3;2*7,9-12H,6,8H2,1-5H3;;;;;;;;;;;;;;/q7*-1;7*+2;7*-1.